The van der Waals surface area contributed by atoms with Gasteiger partial charge in [0.25, 0.3) is 0 Å². The summed E-state index contributed by atoms with van der Waals surface area (Å²) in [5.74, 6) is 0.927. The molecule has 0 N–H and O–H groups in total. The first kappa shape index (κ1) is 16.0. The van der Waals surface area contributed by atoms with Crippen LogP contribution in [0.2, 0.25) is 0 Å². The van der Waals surface area contributed by atoms with E-state index in [0.29, 0.717) is 22.6 Å². The molecule has 0 unspecified atom stereocenters. The predicted molar refractivity (Wildman–Crippen MR) is 91.4 cm³/mol. The van der Waals surface area contributed by atoms with E-state index in [1.54, 1.807) is 48.5 Å². The number of ketones is 1. The summed E-state index contributed by atoms with van der Waals surface area (Å²) < 4.78 is 27.5. The van der Waals surface area contributed by atoms with Gasteiger partial charge >= 0.3 is 0 Å². The van der Waals surface area contributed by atoms with Gasteiger partial charge in [-0.15, -0.1) is 0 Å². The van der Waals surface area contributed by atoms with Gasteiger partial charge in [-0.2, -0.15) is 0 Å². The zero-order valence-electron chi connectivity index (χ0n) is 12.6. The van der Waals surface area contributed by atoms with Gasteiger partial charge in [-0.25, -0.2) is 8.42 Å². The van der Waals surface area contributed by atoms with Crippen LogP contribution in [0.15, 0.2) is 83.8 Å². The Bertz CT molecular complexity index is 921. The largest absolute Gasteiger partial charge is 0.457 e. The average Bonchev–Trinajstić information content (AvgIpc) is 2.62. The predicted octanol–water partition coefficient (Wildman–Crippen LogP) is 3.68. The van der Waals surface area contributed by atoms with Crippen molar-refractivity contribution in [1.82, 2.24) is 0 Å². The van der Waals surface area contributed by atoms with E-state index >= 15 is 0 Å². The lowest BCUT2D eigenvalue weighted by Gasteiger charge is -2.07. The molecule has 0 saturated heterocycles. The molecule has 5 heteroatoms. The number of ether oxygens (including phenoxy) is 1. The highest BCUT2D eigenvalue weighted by Gasteiger charge is 2.09. The number of carbonyl (C=O) groups excluding carboxylic acids is 1. The Morgan fingerprint density at radius 3 is 2.04 bits per heavy atom. The maximum Gasteiger partial charge on any atom is 0.193 e. The summed E-state index contributed by atoms with van der Waals surface area (Å²) in [5, 5.41) is 0. The Hall–Kier alpha value is -2.92. The van der Waals surface area contributed by atoms with Gasteiger partial charge in [-0.05, 0) is 36.4 Å². The third-order valence-corrected chi connectivity index (χ3v) is 4.14. The van der Waals surface area contributed by atoms with Crippen LogP contribution >= 0.6 is 0 Å². The Morgan fingerprint density at radius 2 is 1.38 bits per heavy atom. The Labute approximate surface area is 141 Å². The van der Waals surface area contributed by atoms with E-state index in [0.717, 1.165) is 0 Å². The van der Waals surface area contributed by atoms with Crippen molar-refractivity contribution in [1.29, 1.82) is 0 Å². The summed E-state index contributed by atoms with van der Waals surface area (Å²) in [5.41, 5.74) is 1.14. The highest BCUT2D eigenvalue weighted by Crippen LogP contribution is 2.24. The van der Waals surface area contributed by atoms with Crippen LogP contribution < -0.4 is 4.74 Å². The van der Waals surface area contributed by atoms with Gasteiger partial charge in [-0.3, -0.25) is 4.79 Å². The highest BCUT2D eigenvalue weighted by atomic mass is 32.2. The molecule has 3 rings (SSSR count). The maximum atomic E-state index is 12.4. The Kier molecular flexibility index (Phi) is 4.72. The molecule has 0 radical (unpaired) electrons. The van der Waals surface area contributed by atoms with E-state index in [9.17, 15) is 13.2 Å². The van der Waals surface area contributed by atoms with Gasteiger partial charge in [0.1, 0.15) is 11.5 Å². The molecular formula is C19H14O4S. The first-order valence-electron chi connectivity index (χ1n) is 7.25. The van der Waals surface area contributed by atoms with E-state index < -0.39 is 10.7 Å². The maximum absolute atomic E-state index is 12.4. The first-order valence-corrected chi connectivity index (χ1v) is 8.43. The van der Waals surface area contributed by atoms with E-state index in [2.05, 4.69) is 0 Å². The quantitative estimate of drug-likeness (QED) is 0.569. The molecule has 0 aliphatic heterocycles. The molecule has 3 aromatic carbocycles. The molecule has 0 amide bonds. The van der Waals surface area contributed by atoms with Crippen molar-refractivity contribution in [3.05, 3.63) is 90.0 Å². The highest BCUT2D eigenvalue weighted by molar-refractivity contribution is 7.72. The normalized spacial score (nSPS) is 10.5. The van der Waals surface area contributed by atoms with Crippen LogP contribution in [0.1, 0.15) is 15.9 Å². The number of hydrogen-bond donors (Lipinski definition) is 1. The van der Waals surface area contributed by atoms with Gasteiger partial charge in [0.2, 0.25) is 0 Å². The summed E-state index contributed by atoms with van der Waals surface area (Å²) in [6.07, 6.45) is 0. The molecule has 0 aliphatic carbocycles. The minimum absolute atomic E-state index is 0.0836. The number of thiol groups is 1. The molecule has 0 atom stereocenters. The molecule has 0 saturated carbocycles. The van der Waals surface area contributed by atoms with Crippen molar-refractivity contribution in [2.45, 2.75) is 4.90 Å². The standard InChI is InChI=1S/C19H14O4S/c20-19(14-5-2-1-3-6-14)15-7-4-8-17(13-15)23-16-9-11-18(12-10-16)24(21)22/h1-13,24H. The van der Waals surface area contributed by atoms with Crippen LogP contribution in [0.5, 0.6) is 11.5 Å². The monoisotopic (exact) mass is 338 g/mol. The number of hydrogen-bond acceptors (Lipinski definition) is 4. The van der Waals surface area contributed by atoms with Crippen molar-refractivity contribution >= 4 is 16.5 Å². The lowest BCUT2D eigenvalue weighted by molar-refractivity contribution is 0.103. The van der Waals surface area contributed by atoms with E-state index in [-0.39, 0.29) is 10.7 Å². The summed E-state index contributed by atoms with van der Waals surface area (Å²) in [6.45, 7) is 0. The van der Waals surface area contributed by atoms with E-state index in [1.807, 2.05) is 18.2 Å². The molecule has 0 aromatic heterocycles. The van der Waals surface area contributed by atoms with Gasteiger partial charge in [-0.1, -0.05) is 42.5 Å². The second-order valence-electron chi connectivity index (χ2n) is 5.08. The molecule has 3 aromatic rings. The first-order chi connectivity index (χ1) is 11.6. The van der Waals surface area contributed by atoms with Crippen LogP contribution in [0, 0.1) is 0 Å². The number of carbonyl (C=O) groups is 1. The lowest BCUT2D eigenvalue weighted by atomic mass is 10.0. The summed E-state index contributed by atoms with van der Waals surface area (Å²) in [7, 11) is -2.61. The van der Waals surface area contributed by atoms with Crippen molar-refractivity contribution < 1.29 is 17.9 Å². The Balaban J connectivity index is 1.81. The molecule has 0 aliphatic rings. The molecule has 120 valence electrons. The minimum atomic E-state index is -2.61. The van der Waals surface area contributed by atoms with Crippen LogP contribution in [0.4, 0.5) is 0 Å². The lowest BCUT2D eigenvalue weighted by Crippen LogP contribution is -2.00. The van der Waals surface area contributed by atoms with Crippen LogP contribution in [0.3, 0.4) is 0 Å². The SMILES string of the molecule is O=C(c1ccccc1)c1cccc(Oc2ccc([SH](=O)=O)cc2)c1. The summed E-state index contributed by atoms with van der Waals surface area (Å²) in [4.78, 5) is 12.7. The smallest absolute Gasteiger partial charge is 0.193 e. The van der Waals surface area contributed by atoms with Gasteiger partial charge in [0.15, 0.2) is 16.5 Å². The fourth-order valence-corrected chi connectivity index (χ4v) is 2.62. The topological polar surface area (TPSA) is 60.4 Å². The third-order valence-electron chi connectivity index (χ3n) is 3.42. The average molecular weight is 338 g/mol. The summed E-state index contributed by atoms with van der Waals surface area (Å²) >= 11 is 0. The molecule has 0 heterocycles. The van der Waals surface area contributed by atoms with Gasteiger partial charge in [0.05, 0.1) is 4.90 Å². The van der Waals surface area contributed by atoms with Gasteiger partial charge in [0, 0.05) is 11.1 Å². The molecular weight excluding hydrogens is 324 g/mol. The minimum Gasteiger partial charge on any atom is -0.457 e. The van der Waals surface area contributed by atoms with E-state index in [4.69, 9.17) is 4.74 Å². The van der Waals surface area contributed by atoms with E-state index in [1.165, 1.54) is 12.1 Å². The van der Waals surface area contributed by atoms with Crippen LogP contribution in [0.25, 0.3) is 0 Å². The molecule has 24 heavy (non-hydrogen) atoms. The Morgan fingerprint density at radius 1 is 0.708 bits per heavy atom. The van der Waals surface area contributed by atoms with Crippen molar-refractivity contribution in [2.24, 2.45) is 0 Å². The number of rotatable bonds is 5. The zero-order chi connectivity index (χ0) is 16.9. The third kappa shape index (κ3) is 3.70. The second kappa shape index (κ2) is 7.10. The fraction of sp³-hybridized carbons (Fsp3) is 0. The zero-order valence-corrected chi connectivity index (χ0v) is 13.5. The van der Waals surface area contributed by atoms with Gasteiger partial charge < -0.3 is 4.74 Å². The molecule has 0 bridgehead atoms. The second-order valence-corrected chi connectivity index (χ2v) is 6.11. The van der Waals surface area contributed by atoms with Crippen molar-refractivity contribution in [3.63, 3.8) is 0 Å². The van der Waals surface area contributed by atoms with Crippen molar-refractivity contribution in [3.8, 4) is 11.5 Å². The summed E-state index contributed by atoms with van der Waals surface area (Å²) in [6, 6.07) is 22.0. The van der Waals surface area contributed by atoms with Crippen LogP contribution in [-0.2, 0) is 10.7 Å². The number of benzene rings is 3. The molecule has 0 spiro atoms. The molecule has 4 nitrogen and oxygen atoms in total. The molecule has 0 fully saturated rings. The fourth-order valence-electron chi connectivity index (χ4n) is 2.23. The van der Waals surface area contributed by atoms with Crippen molar-refractivity contribution in [2.75, 3.05) is 0 Å². The van der Waals surface area contributed by atoms with Crippen LogP contribution in [-0.4, -0.2) is 14.2 Å².